The average molecular weight is 889 g/mol. The molecular formula is C52H56O13. The fraction of sp³-hybridized carbons (Fsp3) is 0.288. The van der Waals surface area contributed by atoms with Crippen LogP contribution >= 0.6 is 0 Å². The maximum absolute atomic E-state index is 13.4. The topological polar surface area (TPSA) is 159 Å². The summed E-state index contributed by atoms with van der Waals surface area (Å²) in [6, 6.07) is 24.6. The summed E-state index contributed by atoms with van der Waals surface area (Å²) >= 11 is 0. The molecule has 0 fully saturated rings. The molecule has 0 saturated heterocycles. The summed E-state index contributed by atoms with van der Waals surface area (Å²) in [4.78, 5) is 59.8. The van der Waals surface area contributed by atoms with E-state index < -0.39 is 23.9 Å². The minimum absolute atomic E-state index is 0.107. The molecule has 13 heteroatoms. The number of rotatable bonds is 26. The number of allylic oxidation sites excluding steroid dienone is 1. The Labute approximate surface area is 379 Å². The Balaban J connectivity index is 0.00000300. The number of fused-ring (bicyclic) bond motifs is 2. The number of carbonyl (C=O) groups excluding carboxylic acids is 5. The normalized spacial score (nSPS) is 10.4. The van der Waals surface area contributed by atoms with E-state index in [1.807, 2.05) is 44.2 Å². The van der Waals surface area contributed by atoms with Gasteiger partial charge in [0.15, 0.2) is 11.5 Å². The number of benzene rings is 5. The van der Waals surface area contributed by atoms with Crippen molar-refractivity contribution in [3.8, 4) is 28.7 Å². The van der Waals surface area contributed by atoms with Crippen molar-refractivity contribution in [2.75, 3.05) is 39.6 Å². The second-order valence-corrected chi connectivity index (χ2v) is 14.3. The Morgan fingerprint density at radius 1 is 0.523 bits per heavy atom. The summed E-state index contributed by atoms with van der Waals surface area (Å²) in [6.45, 7) is 16.0. The number of hydrogen-bond donors (Lipinski definition) is 0. The van der Waals surface area contributed by atoms with Crippen LogP contribution in [0.1, 0.15) is 78.7 Å². The Morgan fingerprint density at radius 3 is 1.68 bits per heavy atom. The highest BCUT2D eigenvalue weighted by Crippen LogP contribution is 2.32. The third kappa shape index (κ3) is 16.7. The second-order valence-electron chi connectivity index (χ2n) is 14.3. The maximum Gasteiger partial charge on any atom is 0.343 e. The van der Waals surface area contributed by atoms with Crippen LogP contribution in [-0.4, -0.2) is 70.0 Å². The van der Waals surface area contributed by atoms with Gasteiger partial charge in [0.05, 0.1) is 50.8 Å². The molecule has 0 atom stereocenters. The van der Waals surface area contributed by atoms with Crippen molar-refractivity contribution in [3.63, 3.8) is 0 Å². The summed E-state index contributed by atoms with van der Waals surface area (Å²) in [5.74, 6) is -0.135. The Kier molecular flexibility index (Phi) is 21.3. The molecule has 0 radical (unpaired) electrons. The summed E-state index contributed by atoms with van der Waals surface area (Å²) in [7, 11) is 0. The highest BCUT2D eigenvalue weighted by Gasteiger charge is 2.17. The van der Waals surface area contributed by atoms with E-state index in [4.69, 9.17) is 37.9 Å². The lowest BCUT2D eigenvalue weighted by Crippen LogP contribution is -2.11. The van der Waals surface area contributed by atoms with Crippen LogP contribution in [-0.2, 0) is 35.0 Å². The quantitative estimate of drug-likeness (QED) is 0.00983. The maximum atomic E-state index is 13.4. The first-order chi connectivity index (χ1) is 31.6. The van der Waals surface area contributed by atoms with Gasteiger partial charge in [-0.3, -0.25) is 4.79 Å². The lowest BCUT2D eigenvalue weighted by molar-refractivity contribution is -0.138. The largest absolute Gasteiger partial charge is 0.494 e. The molecule has 0 N–H and O–H groups in total. The highest BCUT2D eigenvalue weighted by atomic mass is 16.6. The van der Waals surface area contributed by atoms with Gasteiger partial charge in [0.25, 0.3) is 6.47 Å². The van der Waals surface area contributed by atoms with Gasteiger partial charge in [0, 0.05) is 25.0 Å². The van der Waals surface area contributed by atoms with Gasteiger partial charge < -0.3 is 37.9 Å². The van der Waals surface area contributed by atoms with E-state index in [0.717, 1.165) is 70.7 Å². The third-order valence-electron chi connectivity index (χ3n) is 9.42. The molecular weight excluding hydrogens is 833 g/mol. The fourth-order valence-electron chi connectivity index (χ4n) is 6.27. The molecule has 0 aliphatic heterocycles. The monoisotopic (exact) mass is 888 g/mol. The molecule has 5 aromatic rings. The van der Waals surface area contributed by atoms with E-state index in [-0.39, 0.29) is 37.7 Å². The Hall–Kier alpha value is -7.41. The van der Waals surface area contributed by atoms with Crippen LogP contribution in [0.25, 0.3) is 21.5 Å². The highest BCUT2D eigenvalue weighted by molar-refractivity contribution is 5.99. The number of carbonyl (C=O) groups is 5. The van der Waals surface area contributed by atoms with Crippen molar-refractivity contribution < 1.29 is 61.9 Å². The van der Waals surface area contributed by atoms with E-state index in [1.165, 1.54) is 6.07 Å². The first-order valence-corrected chi connectivity index (χ1v) is 21.4. The van der Waals surface area contributed by atoms with E-state index in [1.54, 1.807) is 54.6 Å². The SMILES string of the molecule is C=CC.C=CC(=O)OCCCOc1ccc(C(=O)Oc2ccc3cc(C(=O)Oc4ccc5cc(OCCCCCCOC=O)ccc5c4)cc(CC)c3c2)cc1OCCCOC(=O)C=C. The number of hydrogen-bond acceptors (Lipinski definition) is 13. The molecule has 13 nitrogen and oxygen atoms in total. The Morgan fingerprint density at radius 2 is 1.06 bits per heavy atom. The van der Waals surface area contributed by atoms with Gasteiger partial charge in [-0.2, -0.15) is 0 Å². The molecule has 0 saturated carbocycles. The van der Waals surface area contributed by atoms with E-state index in [9.17, 15) is 24.0 Å². The summed E-state index contributed by atoms with van der Waals surface area (Å²) < 4.78 is 44.0. The van der Waals surface area contributed by atoms with E-state index >= 15 is 0 Å². The van der Waals surface area contributed by atoms with Gasteiger partial charge in [-0.15, -0.1) is 6.58 Å². The van der Waals surface area contributed by atoms with Gasteiger partial charge >= 0.3 is 23.9 Å². The predicted octanol–water partition coefficient (Wildman–Crippen LogP) is 10.3. The van der Waals surface area contributed by atoms with E-state index in [2.05, 4.69) is 19.7 Å². The van der Waals surface area contributed by atoms with Crippen molar-refractivity contribution in [3.05, 3.63) is 140 Å². The fourth-order valence-corrected chi connectivity index (χ4v) is 6.27. The van der Waals surface area contributed by atoms with Crippen LogP contribution in [0.15, 0.2) is 123 Å². The molecule has 0 unspecified atom stereocenters. The standard InChI is InChI=1S/C49H50O13.C3H6/c1-4-34-27-39(49(54)61-41-18-14-35-29-40(17-13-36(35)30-41)56-22-10-8-7-9-21-55-33-50)28-37-15-19-42(32-43(34)37)62-48(53)38-16-20-44(57-23-11-25-59-46(51)5-2)45(31-38)58-24-12-26-60-47(52)6-3;1-3-2/h5-6,13-20,27-33H,2-4,7-12,21-26H2,1H3;3H,1H2,2H3. The molecule has 0 aromatic heterocycles. The molecule has 5 rings (SSSR count). The Bertz CT molecular complexity index is 2420. The zero-order valence-corrected chi connectivity index (χ0v) is 37.0. The summed E-state index contributed by atoms with van der Waals surface area (Å²) in [6.07, 6.45) is 8.94. The van der Waals surface area contributed by atoms with Crippen LogP contribution in [0.2, 0.25) is 0 Å². The minimum Gasteiger partial charge on any atom is -0.494 e. The van der Waals surface area contributed by atoms with Crippen LogP contribution in [0.3, 0.4) is 0 Å². The second kappa shape index (κ2) is 27.6. The van der Waals surface area contributed by atoms with Crippen molar-refractivity contribution in [1.82, 2.24) is 0 Å². The predicted molar refractivity (Wildman–Crippen MR) is 248 cm³/mol. The van der Waals surface area contributed by atoms with Crippen LogP contribution in [0.4, 0.5) is 0 Å². The van der Waals surface area contributed by atoms with Crippen molar-refractivity contribution >= 4 is 51.9 Å². The lowest BCUT2D eigenvalue weighted by Gasteiger charge is -2.15. The van der Waals surface area contributed by atoms with Crippen molar-refractivity contribution in [2.24, 2.45) is 0 Å². The summed E-state index contributed by atoms with van der Waals surface area (Å²) in [5.41, 5.74) is 1.44. The average Bonchev–Trinajstić information content (AvgIpc) is 3.32. The minimum atomic E-state index is -0.639. The summed E-state index contributed by atoms with van der Waals surface area (Å²) in [5, 5.41) is 3.42. The zero-order chi connectivity index (χ0) is 46.8. The molecule has 0 heterocycles. The zero-order valence-electron chi connectivity index (χ0n) is 37.0. The van der Waals surface area contributed by atoms with Crippen LogP contribution in [0.5, 0.6) is 28.7 Å². The van der Waals surface area contributed by atoms with Crippen LogP contribution < -0.4 is 23.7 Å². The third-order valence-corrected chi connectivity index (χ3v) is 9.42. The van der Waals surface area contributed by atoms with Gasteiger partial charge in [-0.05, 0) is 133 Å². The van der Waals surface area contributed by atoms with Crippen LogP contribution in [0, 0.1) is 0 Å². The molecule has 0 amide bonds. The molecule has 342 valence electrons. The number of esters is 4. The molecule has 0 bridgehead atoms. The van der Waals surface area contributed by atoms with Crippen molar-refractivity contribution in [2.45, 2.75) is 58.8 Å². The van der Waals surface area contributed by atoms with E-state index in [0.29, 0.717) is 61.8 Å². The van der Waals surface area contributed by atoms with Gasteiger partial charge in [-0.25, -0.2) is 19.2 Å². The van der Waals surface area contributed by atoms with Gasteiger partial charge in [-0.1, -0.05) is 44.4 Å². The molecule has 5 aromatic carbocycles. The number of unbranched alkanes of at least 4 members (excludes halogenated alkanes) is 3. The van der Waals surface area contributed by atoms with Gasteiger partial charge in [0.1, 0.15) is 17.2 Å². The first kappa shape index (κ1) is 50.2. The molecule has 0 aliphatic rings. The lowest BCUT2D eigenvalue weighted by atomic mass is 9.99. The first-order valence-electron chi connectivity index (χ1n) is 21.4. The van der Waals surface area contributed by atoms with Gasteiger partial charge in [0.2, 0.25) is 0 Å². The number of ether oxygens (including phenoxy) is 8. The number of aryl methyl sites for hydroxylation is 1. The molecule has 65 heavy (non-hydrogen) atoms. The smallest absolute Gasteiger partial charge is 0.343 e. The molecule has 0 aliphatic carbocycles. The molecule has 0 spiro atoms. The van der Waals surface area contributed by atoms with Crippen molar-refractivity contribution in [1.29, 1.82) is 0 Å².